The van der Waals surface area contributed by atoms with Crippen LogP contribution in [0.3, 0.4) is 0 Å². The summed E-state index contributed by atoms with van der Waals surface area (Å²) in [7, 11) is 0. The van der Waals surface area contributed by atoms with Gasteiger partial charge in [0, 0.05) is 44.7 Å². The van der Waals surface area contributed by atoms with Gasteiger partial charge in [0.1, 0.15) is 36.6 Å². The zero-order chi connectivity index (χ0) is 51.7. The average molecular weight is 983 g/mol. The molecule has 0 radical (unpaired) electrons. The molecule has 3 aliphatic heterocycles. The summed E-state index contributed by atoms with van der Waals surface area (Å²) in [6.07, 6.45) is 7.04. The Morgan fingerprint density at radius 2 is 1.64 bits per heavy atom. The number of carbonyl (C=O) groups is 7. The largest absolute Gasteiger partial charge is 0.459 e. The topological polar surface area (TPSA) is 319 Å². The Balaban J connectivity index is 1.20. The minimum atomic E-state index is -1.06. The number of nitrogens with two attached hydrogens (primary N) is 3. The van der Waals surface area contributed by atoms with Crippen LogP contribution in [0.1, 0.15) is 92.6 Å². The van der Waals surface area contributed by atoms with E-state index in [1.165, 1.54) is 24.0 Å². The van der Waals surface area contributed by atoms with E-state index in [1.54, 1.807) is 51.1 Å². The molecule has 3 heterocycles. The maximum absolute atomic E-state index is 13.5. The zero-order valence-corrected chi connectivity index (χ0v) is 41.4. The van der Waals surface area contributed by atoms with Crippen molar-refractivity contribution in [1.29, 1.82) is 0 Å². The lowest BCUT2D eigenvalue weighted by atomic mass is 9.87. The molecule has 11 atom stereocenters. The van der Waals surface area contributed by atoms with Crippen LogP contribution in [-0.2, 0) is 54.3 Å². The van der Waals surface area contributed by atoms with Crippen molar-refractivity contribution < 1.29 is 62.4 Å². The standard InChI is InChI=1S/C49H74N8O13/c1-28(2)43(50)46(63)57(38(45(51)62)9-8-20-54-47(52)64)35-15-13-34(14-16-35)26-66-48(65)55-22-21-53-42(60)24-36-25-49(27-67-49)44(61)40(70-36)18-11-29(3)10-17-39-30(4)23-37(32(6)69-39)56-41(59)19-12-31(5)68-33(7)58/h10-16,18-19,28,30-32,36-40,43-44,61H,8-9,17,20-27,50H2,1-7H3,(H2,51,62)(H,53,60)(H,55,65)(H,56,59)(H3,52,54,64)/b18-11+,19-12-,29-10+/t30-,31-,32+,36+,37+,38-,39-,40+,43-,44+,49+/m0/s1. The molecule has 3 saturated heterocycles. The number of primary amides is 2. The third-order valence-corrected chi connectivity index (χ3v) is 12.5. The molecule has 21 heteroatoms. The van der Waals surface area contributed by atoms with Crippen LogP contribution in [0.5, 0.6) is 0 Å². The van der Waals surface area contributed by atoms with Crippen molar-refractivity contribution in [3.63, 3.8) is 0 Å². The second-order valence-corrected chi connectivity index (χ2v) is 18.7. The van der Waals surface area contributed by atoms with Crippen molar-refractivity contribution in [1.82, 2.24) is 21.3 Å². The number of alkyl carbamates (subject to hydrolysis) is 1. The second-order valence-electron chi connectivity index (χ2n) is 18.7. The number of nitrogens with zero attached hydrogens (tertiary/aromatic N) is 1. The molecule has 1 aromatic carbocycles. The summed E-state index contributed by atoms with van der Waals surface area (Å²) < 4.78 is 28.6. The lowest BCUT2D eigenvalue weighted by Gasteiger charge is -2.39. The fourth-order valence-electron chi connectivity index (χ4n) is 8.30. The van der Waals surface area contributed by atoms with E-state index < -0.39 is 72.0 Å². The Labute approximate surface area is 410 Å². The van der Waals surface area contributed by atoms with E-state index >= 15 is 0 Å². The van der Waals surface area contributed by atoms with Gasteiger partial charge in [-0.2, -0.15) is 0 Å². The molecule has 388 valence electrons. The number of nitrogens with one attached hydrogen (secondary N) is 4. The van der Waals surface area contributed by atoms with Crippen molar-refractivity contribution in [2.75, 3.05) is 31.1 Å². The van der Waals surface area contributed by atoms with E-state index in [0.717, 1.165) is 12.0 Å². The number of aliphatic hydroxyl groups is 1. The SMILES string of the molecule is CC(=O)O[C@@H](C)/C=C\C(=O)N[C@@H]1C[C@H](C)[C@H](C/C=C(C)/C=C/[C@H]2O[C@H](CC(=O)NCCNC(=O)OCc3ccc(N(C(=O)[C@@H](N)C(C)C)[C@@H](CCCNC(N)=O)C(N)=O)cc3)C[C@@]3(CO3)[C@@H]2O)O[C@@H]1C. The summed E-state index contributed by atoms with van der Waals surface area (Å²) in [5.41, 5.74) is 18.2. The Bertz CT molecular complexity index is 2060. The van der Waals surface area contributed by atoms with Gasteiger partial charge in [-0.05, 0) is 82.1 Å². The van der Waals surface area contributed by atoms with E-state index in [0.29, 0.717) is 37.1 Å². The predicted octanol–water partition coefficient (Wildman–Crippen LogP) is 2.02. The number of anilines is 1. The van der Waals surface area contributed by atoms with Gasteiger partial charge < -0.3 is 67.3 Å². The van der Waals surface area contributed by atoms with Crippen molar-refractivity contribution in [3.8, 4) is 0 Å². The van der Waals surface area contributed by atoms with Crippen LogP contribution in [0, 0.1) is 11.8 Å². The monoisotopic (exact) mass is 983 g/mol. The van der Waals surface area contributed by atoms with Gasteiger partial charge in [0.2, 0.25) is 23.6 Å². The summed E-state index contributed by atoms with van der Waals surface area (Å²) in [5, 5.41) is 21.9. The number of hydrogen-bond acceptors (Lipinski definition) is 14. The first-order valence-corrected chi connectivity index (χ1v) is 23.9. The first-order valence-electron chi connectivity index (χ1n) is 23.9. The van der Waals surface area contributed by atoms with Crippen molar-refractivity contribution >= 4 is 47.4 Å². The van der Waals surface area contributed by atoms with Crippen LogP contribution < -0.4 is 43.4 Å². The van der Waals surface area contributed by atoms with Gasteiger partial charge in [-0.25, -0.2) is 9.59 Å². The first kappa shape index (κ1) is 56.7. The molecule has 0 unspecified atom stereocenters. The molecule has 1 aromatic rings. The number of carbonyl (C=O) groups excluding carboxylic acids is 7. The molecule has 3 aliphatic rings. The third kappa shape index (κ3) is 17.8. The van der Waals surface area contributed by atoms with Gasteiger partial charge in [-0.15, -0.1) is 0 Å². The maximum atomic E-state index is 13.5. The van der Waals surface area contributed by atoms with Crippen LogP contribution in [0.15, 0.2) is 60.2 Å². The maximum Gasteiger partial charge on any atom is 0.407 e. The molecule has 21 nitrogen and oxygen atoms in total. The van der Waals surface area contributed by atoms with Gasteiger partial charge in [-0.3, -0.25) is 28.9 Å². The number of urea groups is 1. The number of benzene rings is 1. The zero-order valence-electron chi connectivity index (χ0n) is 41.4. The number of hydrogen-bond donors (Lipinski definition) is 8. The molecule has 11 N–H and O–H groups in total. The molecule has 7 amide bonds. The molecule has 0 bridgehead atoms. The Morgan fingerprint density at radius 1 is 0.957 bits per heavy atom. The molecular weight excluding hydrogens is 909 g/mol. The molecule has 0 aromatic heterocycles. The number of epoxide rings is 1. The van der Waals surface area contributed by atoms with Gasteiger partial charge in [-0.1, -0.05) is 56.7 Å². The lowest BCUT2D eigenvalue weighted by molar-refractivity contribution is -0.145. The van der Waals surface area contributed by atoms with E-state index in [2.05, 4.69) is 34.3 Å². The molecule has 0 aliphatic carbocycles. The van der Waals surface area contributed by atoms with Crippen LogP contribution in [0.4, 0.5) is 15.3 Å². The fourth-order valence-corrected chi connectivity index (χ4v) is 8.30. The molecule has 4 rings (SSSR count). The quantitative estimate of drug-likeness (QED) is 0.0242. The number of esters is 1. The second kappa shape index (κ2) is 26.9. The third-order valence-electron chi connectivity index (χ3n) is 12.5. The number of rotatable bonds is 24. The van der Waals surface area contributed by atoms with Gasteiger partial charge in [0.25, 0.3) is 0 Å². The highest BCUT2D eigenvalue weighted by Crippen LogP contribution is 2.43. The Kier molecular flexibility index (Phi) is 21.8. The average Bonchev–Trinajstić information content (AvgIpc) is 4.07. The van der Waals surface area contributed by atoms with Crippen molar-refractivity contribution in [2.24, 2.45) is 29.0 Å². The first-order chi connectivity index (χ1) is 33.1. The van der Waals surface area contributed by atoms with E-state index in [1.807, 2.05) is 19.9 Å². The Morgan fingerprint density at radius 3 is 2.27 bits per heavy atom. The smallest absolute Gasteiger partial charge is 0.407 e. The van der Waals surface area contributed by atoms with Crippen LogP contribution in [-0.4, -0.2) is 133 Å². The molecule has 70 heavy (non-hydrogen) atoms. The minimum Gasteiger partial charge on any atom is -0.459 e. The highest BCUT2D eigenvalue weighted by Gasteiger charge is 2.58. The van der Waals surface area contributed by atoms with Crippen molar-refractivity contribution in [2.45, 2.75) is 154 Å². The highest BCUT2D eigenvalue weighted by atomic mass is 16.6. The van der Waals surface area contributed by atoms with Crippen LogP contribution in [0.25, 0.3) is 0 Å². The summed E-state index contributed by atoms with van der Waals surface area (Å²) in [6, 6.07) is 3.57. The van der Waals surface area contributed by atoms with E-state index in [9.17, 15) is 38.7 Å². The van der Waals surface area contributed by atoms with Crippen LogP contribution in [0.2, 0.25) is 0 Å². The van der Waals surface area contributed by atoms with E-state index in [-0.39, 0.29) is 81.0 Å². The van der Waals surface area contributed by atoms with Gasteiger partial charge >= 0.3 is 18.1 Å². The van der Waals surface area contributed by atoms with Crippen LogP contribution >= 0.6 is 0 Å². The predicted molar refractivity (Wildman–Crippen MR) is 258 cm³/mol. The minimum absolute atomic E-state index is 0.0107. The summed E-state index contributed by atoms with van der Waals surface area (Å²) >= 11 is 0. The molecule has 3 fully saturated rings. The highest BCUT2D eigenvalue weighted by molar-refractivity contribution is 6.03. The molecule has 1 spiro atoms. The number of ether oxygens (including phenoxy) is 5. The number of allylic oxidation sites excluding steroid dienone is 2. The van der Waals surface area contributed by atoms with Crippen molar-refractivity contribution in [3.05, 3.63) is 65.8 Å². The number of aliphatic hydroxyl groups excluding tert-OH is 1. The molecular formula is C49H74N8O13. The number of amides is 7. The van der Waals surface area contributed by atoms with Gasteiger partial charge in [0.05, 0.1) is 43.4 Å². The summed E-state index contributed by atoms with van der Waals surface area (Å²) in [6.45, 7) is 13.1. The Hall–Kier alpha value is -5.87. The lowest BCUT2D eigenvalue weighted by Crippen LogP contribution is -2.55. The normalized spacial score (nSPS) is 25.7. The molecule has 0 saturated carbocycles. The van der Waals surface area contributed by atoms with E-state index in [4.69, 9.17) is 40.9 Å². The van der Waals surface area contributed by atoms with Gasteiger partial charge in [0.15, 0.2) is 0 Å². The summed E-state index contributed by atoms with van der Waals surface area (Å²) in [5.74, 6) is -2.36. The fraction of sp³-hybridized carbons (Fsp3) is 0.612. The summed E-state index contributed by atoms with van der Waals surface area (Å²) in [4.78, 5) is 87.6.